The molecule has 5 aromatic carbocycles. The van der Waals surface area contributed by atoms with E-state index in [0.717, 1.165) is 0 Å². The Morgan fingerprint density at radius 3 is 0.727 bits per heavy atom. The highest BCUT2D eigenvalue weighted by Crippen LogP contribution is 2.61. The molecule has 0 saturated heterocycles. The molecule has 0 nitrogen and oxygen atoms in total. The number of rotatable bonds is 0. The lowest BCUT2D eigenvalue weighted by atomic mass is 9.78. The minimum absolute atomic E-state index is 0.00690. The third-order valence-electron chi connectivity index (χ3n) is 12.4. The summed E-state index contributed by atoms with van der Waals surface area (Å²) in [5.74, 6) is 0. The van der Waals surface area contributed by atoms with Gasteiger partial charge < -0.3 is 0 Å². The molecule has 0 amide bonds. The van der Waals surface area contributed by atoms with E-state index in [1.807, 2.05) is 0 Å². The molecule has 0 N–H and O–H groups in total. The molecular formula is C44H42. The van der Waals surface area contributed by atoms with Gasteiger partial charge in [0.2, 0.25) is 0 Å². The Morgan fingerprint density at radius 2 is 0.477 bits per heavy atom. The van der Waals surface area contributed by atoms with Crippen LogP contribution >= 0.6 is 0 Å². The second-order valence-electron chi connectivity index (χ2n) is 16.4. The molecule has 9 rings (SSSR count). The van der Waals surface area contributed by atoms with Crippen LogP contribution in [0.1, 0.15) is 111 Å². The Hall–Kier alpha value is -3.90. The number of hydrogen-bond acceptors (Lipinski definition) is 0. The van der Waals surface area contributed by atoms with E-state index < -0.39 is 0 Å². The van der Waals surface area contributed by atoms with Crippen LogP contribution in [0.5, 0.6) is 0 Å². The average Bonchev–Trinajstić information content (AvgIpc) is 3.51. The van der Waals surface area contributed by atoms with Crippen LogP contribution in [-0.2, 0) is 21.7 Å². The fraction of sp³-hybridized carbons (Fsp3) is 0.318. The minimum atomic E-state index is -0.0665. The Bertz CT molecular complexity index is 2020. The van der Waals surface area contributed by atoms with E-state index in [1.54, 1.807) is 0 Å². The third-order valence-corrected chi connectivity index (χ3v) is 12.4. The van der Waals surface area contributed by atoms with Gasteiger partial charge in [-0.2, -0.15) is 0 Å². The van der Waals surface area contributed by atoms with Crippen molar-refractivity contribution in [3.63, 3.8) is 0 Å². The van der Waals surface area contributed by atoms with E-state index in [2.05, 4.69) is 142 Å². The molecule has 0 radical (unpaired) electrons. The molecule has 0 heterocycles. The van der Waals surface area contributed by atoms with Crippen molar-refractivity contribution in [2.75, 3.05) is 0 Å². The van der Waals surface area contributed by atoms with Crippen molar-refractivity contribution in [2.45, 2.75) is 90.9 Å². The normalized spacial score (nSPS) is 19.0. The lowest BCUT2D eigenvalue weighted by Gasteiger charge is -2.25. The molecule has 4 aliphatic carbocycles. The molecule has 0 fully saturated rings. The molecular weight excluding hydrogens is 528 g/mol. The molecule has 0 bridgehead atoms. The Kier molecular flexibility index (Phi) is 4.61. The van der Waals surface area contributed by atoms with Gasteiger partial charge in [0, 0.05) is 21.7 Å². The summed E-state index contributed by atoms with van der Waals surface area (Å²) in [6, 6.07) is 29.5. The van der Waals surface area contributed by atoms with Crippen LogP contribution in [0.25, 0.3) is 44.5 Å². The van der Waals surface area contributed by atoms with Crippen molar-refractivity contribution >= 4 is 0 Å². The fourth-order valence-electron chi connectivity index (χ4n) is 9.64. The maximum atomic E-state index is 2.58. The van der Waals surface area contributed by atoms with Crippen molar-refractivity contribution < 1.29 is 0 Å². The molecule has 4 aliphatic rings. The maximum Gasteiger partial charge on any atom is 0.0159 e. The highest BCUT2D eigenvalue weighted by Gasteiger charge is 2.46. The van der Waals surface area contributed by atoms with Gasteiger partial charge in [0.15, 0.2) is 0 Å². The van der Waals surface area contributed by atoms with Crippen LogP contribution in [0, 0.1) is 13.8 Å². The molecule has 0 spiro atoms. The van der Waals surface area contributed by atoms with E-state index in [-0.39, 0.29) is 21.7 Å². The summed E-state index contributed by atoms with van der Waals surface area (Å²) in [6.45, 7) is 23.8. The van der Waals surface area contributed by atoms with Gasteiger partial charge in [-0.05, 0) is 139 Å². The van der Waals surface area contributed by atoms with Gasteiger partial charge in [0.05, 0.1) is 0 Å². The lowest BCUT2D eigenvalue weighted by Crippen LogP contribution is -2.17. The second-order valence-corrected chi connectivity index (χ2v) is 16.4. The first-order chi connectivity index (χ1) is 20.6. The molecule has 0 aliphatic heterocycles. The van der Waals surface area contributed by atoms with Gasteiger partial charge in [-0.1, -0.05) is 103 Å². The molecule has 0 heteroatoms. The first kappa shape index (κ1) is 26.5. The van der Waals surface area contributed by atoms with Crippen LogP contribution in [0.3, 0.4) is 0 Å². The zero-order valence-corrected chi connectivity index (χ0v) is 27.9. The quantitative estimate of drug-likeness (QED) is 0.174. The second kappa shape index (κ2) is 7.66. The Balaban J connectivity index is 1.26. The zero-order valence-electron chi connectivity index (χ0n) is 27.9. The Labute approximate surface area is 263 Å². The summed E-state index contributed by atoms with van der Waals surface area (Å²) in [4.78, 5) is 0. The molecule has 0 saturated carbocycles. The van der Waals surface area contributed by atoms with E-state index >= 15 is 0 Å². The van der Waals surface area contributed by atoms with Crippen LogP contribution in [0.15, 0.2) is 72.8 Å². The first-order valence-electron chi connectivity index (χ1n) is 16.4. The van der Waals surface area contributed by atoms with Crippen molar-refractivity contribution in [2.24, 2.45) is 0 Å². The SMILES string of the molecule is Cc1ccc2c(c1)C(C)(C)c1cc3c(cc1-2)C(C)(C)c1cc2c(cc1-3)C(C)(C)c1cc3c(cc1-2)C(C)(C)c1cc(C)ccc1-3. The molecule has 5 aromatic rings. The van der Waals surface area contributed by atoms with Gasteiger partial charge in [-0.15, -0.1) is 0 Å². The number of benzene rings is 5. The van der Waals surface area contributed by atoms with E-state index in [1.165, 1.54) is 100 Å². The molecule has 0 aromatic heterocycles. The van der Waals surface area contributed by atoms with Crippen molar-refractivity contribution in [1.82, 2.24) is 0 Å². The number of aryl methyl sites for hydroxylation is 2. The van der Waals surface area contributed by atoms with E-state index in [4.69, 9.17) is 0 Å². The van der Waals surface area contributed by atoms with Crippen LogP contribution < -0.4 is 0 Å². The predicted molar refractivity (Wildman–Crippen MR) is 186 cm³/mol. The standard InChI is InChI=1S/C44H42/c1-23-11-13-25-27-17-37-29(19-35(27)41(3,4)33(25)15-23)31-21-40-32(22-39(31)43(37,7)8)30-20-36-28(18-38(30)44(40,9)10)26-14-12-24(2)16-34(26)42(36,5)6/h11-22H,1-10H3. The number of hydrogen-bond donors (Lipinski definition) is 0. The monoisotopic (exact) mass is 570 g/mol. The summed E-state index contributed by atoms with van der Waals surface area (Å²) in [5, 5.41) is 0. The third kappa shape index (κ3) is 2.92. The fourth-order valence-corrected chi connectivity index (χ4v) is 9.64. The van der Waals surface area contributed by atoms with Gasteiger partial charge >= 0.3 is 0 Å². The summed E-state index contributed by atoms with van der Waals surface area (Å²) in [5.41, 5.74) is 25.7. The van der Waals surface area contributed by atoms with Gasteiger partial charge in [-0.25, -0.2) is 0 Å². The predicted octanol–water partition coefficient (Wildman–Crippen LogP) is 11.5. The summed E-state index contributed by atoms with van der Waals surface area (Å²) < 4.78 is 0. The molecule has 218 valence electrons. The summed E-state index contributed by atoms with van der Waals surface area (Å²) in [6.07, 6.45) is 0. The van der Waals surface area contributed by atoms with Crippen molar-refractivity contribution in [1.29, 1.82) is 0 Å². The lowest BCUT2D eigenvalue weighted by molar-refractivity contribution is 0.647. The zero-order chi connectivity index (χ0) is 30.9. The molecule has 0 atom stereocenters. The molecule has 44 heavy (non-hydrogen) atoms. The van der Waals surface area contributed by atoms with E-state index in [9.17, 15) is 0 Å². The van der Waals surface area contributed by atoms with Gasteiger partial charge in [0.1, 0.15) is 0 Å². The van der Waals surface area contributed by atoms with Crippen LogP contribution in [0.2, 0.25) is 0 Å². The van der Waals surface area contributed by atoms with Gasteiger partial charge in [0.25, 0.3) is 0 Å². The highest BCUT2D eigenvalue weighted by atomic mass is 14.5. The Morgan fingerprint density at radius 1 is 0.273 bits per heavy atom. The topological polar surface area (TPSA) is 0 Å². The minimum Gasteiger partial charge on any atom is -0.0587 e. The first-order valence-corrected chi connectivity index (χ1v) is 16.4. The largest absolute Gasteiger partial charge is 0.0587 e. The highest BCUT2D eigenvalue weighted by molar-refractivity contribution is 5.95. The number of fused-ring (bicyclic) bond motifs is 12. The van der Waals surface area contributed by atoms with Crippen molar-refractivity contribution in [3.05, 3.63) is 128 Å². The van der Waals surface area contributed by atoms with Crippen LogP contribution in [-0.4, -0.2) is 0 Å². The average molecular weight is 571 g/mol. The maximum absolute atomic E-state index is 2.58. The van der Waals surface area contributed by atoms with Gasteiger partial charge in [-0.3, -0.25) is 0 Å². The summed E-state index contributed by atoms with van der Waals surface area (Å²) in [7, 11) is 0. The summed E-state index contributed by atoms with van der Waals surface area (Å²) >= 11 is 0. The smallest absolute Gasteiger partial charge is 0.0159 e. The van der Waals surface area contributed by atoms with E-state index in [0.29, 0.717) is 0 Å². The molecule has 0 unspecified atom stereocenters. The van der Waals surface area contributed by atoms with Crippen molar-refractivity contribution in [3.8, 4) is 44.5 Å². The van der Waals surface area contributed by atoms with Crippen LogP contribution in [0.4, 0.5) is 0 Å².